The number of carbonyl (C=O) groups is 2. The van der Waals surface area contributed by atoms with Gasteiger partial charge in [-0.05, 0) is 56.7 Å². The molecule has 0 saturated heterocycles. The number of anilines is 1. The lowest BCUT2D eigenvalue weighted by Gasteiger charge is -2.32. The van der Waals surface area contributed by atoms with Gasteiger partial charge in [0.1, 0.15) is 12.6 Å². The maximum Gasteiger partial charge on any atom is 0.416 e. The number of amides is 2. The van der Waals surface area contributed by atoms with Gasteiger partial charge in [-0.1, -0.05) is 54.1 Å². The average molecular weight is 562 g/mol. The quantitative estimate of drug-likeness (QED) is 0.387. The van der Waals surface area contributed by atoms with E-state index >= 15 is 0 Å². The van der Waals surface area contributed by atoms with Crippen LogP contribution in [0.3, 0.4) is 0 Å². The molecule has 3 rings (SSSR count). The highest BCUT2D eigenvalue weighted by Gasteiger charge is 2.35. The molecule has 1 atom stereocenters. The number of nitrogens with zero attached hydrogens (tertiary/aromatic N) is 2. The zero-order valence-electron chi connectivity index (χ0n) is 21.8. The van der Waals surface area contributed by atoms with Crippen LogP contribution in [-0.2, 0) is 32.3 Å². The largest absolute Gasteiger partial charge is 0.416 e. The molecule has 0 aliphatic carbocycles. The van der Waals surface area contributed by atoms with Crippen molar-refractivity contribution in [1.82, 2.24) is 10.2 Å². The molecular weight excluding hydrogens is 531 g/mol. The molecule has 0 radical (unpaired) electrons. The monoisotopic (exact) mass is 561 g/mol. The van der Waals surface area contributed by atoms with Crippen LogP contribution in [0.1, 0.15) is 30.5 Å². The molecule has 0 saturated carbocycles. The van der Waals surface area contributed by atoms with E-state index in [1.54, 1.807) is 56.3 Å². The molecule has 0 fully saturated rings. The van der Waals surface area contributed by atoms with Crippen molar-refractivity contribution in [2.45, 2.75) is 44.4 Å². The van der Waals surface area contributed by atoms with Crippen LogP contribution in [0.5, 0.6) is 0 Å². The zero-order chi connectivity index (χ0) is 28.8. The molecule has 0 heterocycles. The van der Waals surface area contributed by atoms with E-state index in [0.29, 0.717) is 22.5 Å². The second kappa shape index (κ2) is 12.3. The normalized spacial score (nSPS) is 12.5. The summed E-state index contributed by atoms with van der Waals surface area (Å²) in [6, 6.07) is 17.4. The number of hydrogen-bond donors (Lipinski definition) is 1. The van der Waals surface area contributed by atoms with Crippen LogP contribution in [0.2, 0.25) is 0 Å². The van der Waals surface area contributed by atoms with Gasteiger partial charge in [0.05, 0.1) is 16.1 Å². The number of benzene rings is 3. The number of nitrogens with one attached hydrogen (secondary N) is 1. The first-order valence-electron chi connectivity index (χ1n) is 12.2. The molecule has 0 aliphatic heterocycles. The van der Waals surface area contributed by atoms with Gasteiger partial charge in [0, 0.05) is 13.1 Å². The van der Waals surface area contributed by atoms with Gasteiger partial charge < -0.3 is 10.2 Å². The number of likely N-dealkylation sites (N-methyl/N-ethyl adjacent to an activating group) is 1. The molecule has 0 unspecified atom stereocenters. The van der Waals surface area contributed by atoms with E-state index in [4.69, 9.17) is 0 Å². The molecule has 7 nitrogen and oxygen atoms in total. The highest BCUT2D eigenvalue weighted by molar-refractivity contribution is 7.92. The van der Waals surface area contributed by atoms with Crippen LogP contribution < -0.4 is 9.62 Å². The van der Waals surface area contributed by atoms with Crippen molar-refractivity contribution >= 4 is 27.5 Å². The van der Waals surface area contributed by atoms with E-state index in [1.807, 2.05) is 0 Å². The number of carbonyl (C=O) groups excluding carboxylic acids is 2. The van der Waals surface area contributed by atoms with Crippen LogP contribution in [0, 0.1) is 6.92 Å². The predicted octanol–water partition coefficient (Wildman–Crippen LogP) is 4.76. The minimum absolute atomic E-state index is 0.0149. The van der Waals surface area contributed by atoms with E-state index < -0.39 is 46.2 Å². The SMILES string of the molecule is CCNC(=O)[C@H](C)N(Cc1ccccc1)C(=O)CN(c1cccc(C(F)(F)F)c1)S(=O)(=O)c1ccc(C)cc1. The van der Waals surface area contributed by atoms with E-state index in [-0.39, 0.29) is 17.1 Å². The number of alkyl halides is 3. The minimum Gasteiger partial charge on any atom is -0.355 e. The number of halogens is 3. The Morgan fingerprint density at radius 1 is 0.949 bits per heavy atom. The van der Waals surface area contributed by atoms with Crippen molar-refractivity contribution < 1.29 is 31.2 Å². The molecule has 3 aromatic carbocycles. The van der Waals surface area contributed by atoms with Gasteiger partial charge in [-0.3, -0.25) is 13.9 Å². The molecule has 1 N–H and O–H groups in total. The summed E-state index contributed by atoms with van der Waals surface area (Å²) in [6.07, 6.45) is -4.73. The Hall–Kier alpha value is -3.86. The molecule has 0 aromatic heterocycles. The summed E-state index contributed by atoms with van der Waals surface area (Å²) >= 11 is 0. The van der Waals surface area contributed by atoms with Crippen molar-refractivity contribution in [3.05, 3.63) is 95.6 Å². The van der Waals surface area contributed by atoms with Crippen LogP contribution in [0.15, 0.2) is 83.8 Å². The number of rotatable bonds is 10. The average Bonchev–Trinajstić information content (AvgIpc) is 2.90. The molecule has 0 spiro atoms. The van der Waals surface area contributed by atoms with Crippen molar-refractivity contribution in [3.63, 3.8) is 0 Å². The summed E-state index contributed by atoms with van der Waals surface area (Å²) < 4.78 is 68.6. The van der Waals surface area contributed by atoms with Crippen molar-refractivity contribution in [3.8, 4) is 0 Å². The number of aryl methyl sites for hydroxylation is 1. The molecule has 39 heavy (non-hydrogen) atoms. The molecule has 11 heteroatoms. The first-order chi connectivity index (χ1) is 18.3. The third kappa shape index (κ3) is 7.38. The Bertz CT molecular complexity index is 1400. The third-order valence-electron chi connectivity index (χ3n) is 6.06. The third-order valence-corrected chi connectivity index (χ3v) is 7.85. The van der Waals surface area contributed by atoms with Crippen LogP contribution in [0.4, 0.5) is 18.9 Å². The highest BCUT2D eigenvalue weighted by Crippen LogP contribution is 2.33. The molecular formula is C28H30F3N3O4S. The molecule has 2 amide bonds. The molecule has 0 aliphatic rings. The van der Waals surface area contributed by atoms with E-state index in [1.165, 1.54) is 30.0 Å². The topological polar surface area (TPSA) is 86.8 Å². The first-order valence-corrected chi connectivity index (χ1v) is 13.7. The Morgan fingerprint density at radius 3 is 2.18 bits per heavy atom. The summed E-state index contributed by atoms with van der Waals surface area (Å²) in [5, 5.41) is 2.65. The Kier molecular flexibility index (Phi) is 9.39. The lowest BCUT2D eigenvalue weighted by atomic mass is 10.1. The second-order valence-electron chi connectivity index (χ2n) is 8.95. The summed E-state index contributed by atoms with van der Waals surface area (Å²) in [4.78, 5) is 27.4. The van der Waals surface area contributed by atoms with Crippen LogP contribution >= 0.6 is 0 Å². The van der Waals surface area contributed by atoms with E-state index in [9.17, 15) is 31.2 Å². The fourth-order valence-corrected chi connectivity index (χ4v) is 5.29. The number of hydrogen-bond acceptors (Lipinski definition) is 4. The smallest absolute Gasteiger partial charge is 0.355 e. The van der Waals surface area contributed by atoms with Crippen LogP contribution in [0.25, 0.3) is 0 Å². The van der Waals surface area contributed by atoms with Crippen molar-refractivity contribution in [2.24, 2.45) is 0 Å². The molecule has 3 aromatic rings. The standard InChI is InChI=1S/C28H30F3N3O4S/c1-4-32-27(36)21(3)33(18-22-9-6-5-7-10-22)26(35)19-34(24-12-8-11-23(17-24)28(29,30)31)39(37,38)25-15-13-20(2)14-16-25/h5-17,21H,4,18-19H2,1-3H3,(H,32,36)/t21-/m0/s1. The minimum atomic E-state index is -4.73. The second-order valence-corrected chi connectivity index (χ2v) is 10.8. The van der Waals surface area contributed by atoms with Gasteiger partial charge in [0.15, 0.2) is 0 Å². The lowest BCUT2D eigenvalue weighted by molar-refractivity contribution is -0.139. The lowest BCUT2D eigenvalue weighted by Crippen LogP contribution is -2.51. The maximum absolute atomic E-state index is 13.7. The van der Waals surface area contributed by atoms with E-state index in [2.05, 4.69) is 5.32 Å². The van der Waals surface area contributed by atoms with Crippen LogP contribution in [-0.4, -0.2) is 44.3 Å². The van der Waals surface area contributed by atoms with Crippen molar-refractivity contribution in [2.75, 3.05) is 17.4 Å². The van der Waals surface area contributed by atoms with Crippen molar-refractivity contribution in [1.29, 1.82) is 0 Å². The predicted molar refractivity (Wildman–Crippen MR) is 142 cm³/mol. The van der Waals surface area contributed by atoms with E-state index in [0.717, 1.165) is 17.7 Å². The van der Waals surface area contributed by atoms with Gasteiger partial charge in [-0.25, -0.2) is 8.42 Å². The molecule has 208 valence electrons. The first kappa shape index (κ1) is 29.7. The van der Waals surface area contributed by atoms with Gasteiger partial charge in [-0.15, -0.1) is 0 Å². The molecule has 0 bridgehead atoms. The fraction of sp³-hybridized carbons (Fsp3) is 0.286. The Balaban J connectivity index is 2.08. The number of sulfonamides is 1. The van der Waals surface area contributed by atoms with Gasteiger partial charge in [-0.2, -0.15) is 13.2 Å². The Labute approximate surface area is 226 Å². The summed E-state index contributed by atoms with van der Waals surface area (Å²) in [5.74, 6) is -1.21. The Morgan fingerprint density at radius 2 is 1.59 bits per heavy atom. The summed E-state index contributed by atoms with van der Waals surface area (Å²) in [6.45, 7) is 4.46. The zero-order valence-corrected chi connectivity index (χ0v) is 22.6. The fourth-order valence-electron chi connectivity index (χ4n) is 3.89. The summed E-state index contributed by atoms with van der Waals surface area (Å²) in [5.41, 5.74) is 0.0758. The van der Waals surface area contributed by atoms with Gasteiger partial charge >= 0.3 is 6.18 Å². The van der Waals surface area contributed by atoms with Gasteiger partial charge in [0.25, 0.3) is 10.0 Å². The maximum atomic E-state index is 13.7. The highest BCUT2D eigenvalue weighted by atomic mass is 32.2. The summed E-state index contributed by atoms with van der Waals surface area (Å²) in [7, 11) is -4.47. The van der Waals surface area contributed by atoms with Gasteiger partial charge in [0.2, 0.25) is 11.8 Å².